The van der Waals surface area contributed by atoms with E-state index in [1.165, 1.54) is 205 Å². The molecule has 1 rings (SSSR count). The van der Waals surface area contributed by atoms with Crippen molar-refractivity contribution >= 4 is 11.9 Å². The predicted molar refractivity (Wildman–Crippen MR) is 311 cm³/mol. The highest BCUT2D eigenvalue weighted by atomic mass is 16.7. The first kappa shape index (κ1) is 71.2. The van der Waals surface area contributed by atoms with Crippen LogP contribution < -0.4 is 5.32 Å². The molecule has 0 bridgehead atoms. The second kappa shape index (κ2) is 54.1. The van der Waals surface area contributed by atoms with Crippen LogP contribution in [0, 0.1) is 0 Å². The summed E-state index contributed by atoms with van der Waals surface area (Å²) in [4.78, 5) is 25.1. The maximum atomic E-state index is 13.0. The lowest BCUT2D eigenvalue weighted by Crippen LogP contribution is -2.60. The zero-order valence-electron chi connectivity index (χ0n) is 48.8. The van der Waals surface area contributed by atoms with Crippen LogP contribution in [-0.2, 0) is 23.8 Å². The van der Waals surface area contributed by atoms with E-state index in [-0.39, 0.29) is 18.5 Å². The van der Waals surface area contributed by atoms with Crippen molar-refractivity contribution in [2.75, 3.05) is 19.8 Å². The van der Waals surface area contributed by atoms with E-state index >= 15 is 0 Å². The molecule has 1 aliphatic rings. The van der Waals surface area contributed by atoms with E-state index in [4.69, 9.17) is 14.2 Å². The number of amides is 1. The Labute approximate surface area is 461 Å². The van der Waals surface area contributed by atoms with E-state index in [1.54, 1.807) is 6.08 Å². The van der Waals surface area contributed by atoms with Crippen molar-refractivity contribution in [2.24, 2.45) is 0 Å². The van der Waals surface area contributed by atoms with Gasteiger partial charge in [0.05, 0.1) is 32.0 Å². The third-order valence-corrected chi connectivity index (χ3v) is 15.3. The molecule has 7 atom stereocenters. The average Bonchev–Trinajstić information content (AvgIpc) is 3.41. The van der Waals surface area contributed by atoms with Crippen LogP contribution in [0.15, 0.2) is 24.3 Å². The Morgan fingerprint density at radius 3 is 1.28 bits per heavy atom. The zero-order chi connectivity index (χ0) is 54.5. The van der Waals surface area contributed by atoms with E-state index in [1.807, 2.05) is 6.08 Å². The minimum absolute atomic E-state index is 0.00315. The highest BCUT2D eigenvalue weighted by Gasteiger charge is 2.44. The standard InChI is InChI=1S/C64H121NO10/c1-3-5-7-9-11-13-14-15-16-17-23-26-29-32-36-40-44-48-52-60(69)73-53-49-45-41-37-33-30-27-24-21-19-18-20-22-25-28-31-35-39-43-47-51-59(68)65-56(57(67)50-46-42-38-34-12-10-8-6-4-2)55-74-64-63(72)62(71)61(70)58(54-66)75-64/h18,20,46,50,56-58,61-64,66-67,70-72H,3-17,19,21-45,47-49,51-55H2,1-2H3,(H,65,68)/b20-18-,50-46+. The van der Waals surface area contributed by atoms with Crippen LogP contribution in [0.3, 0.4) is 0 Å². The van der Waals surface area contributed by atoms with Crippen LogP contribution in [0.5, 0.6) is 0 Å². The summed E-state index contributed by atoms with van der Waals surface area (Å²) in [5, 5.41) is 54.2. The number of unbranched alkanes of at least 4 members (excludes halogenated alkanes) is 40. The summed E-state index contributed by atoms with van der Waals surface area (Å²) in [6.07, 6.45) is 55.8. The second-order valence-electron chi connectivity index (χ2n) is 22.5. The van der Waals surface area contributed by atoms with Gasteiger partial charge in [-0.1, -0.05) is 263 Å². The monoisotopic (exact) mass is 1060 g/mol. The number of nitrogens with one attached hydrogen (secondary N) is 1. The smallest absolute Gasteiger partial charge is 0.305 e. The molecule has 0 aromatic heterocycles. The van der Waals surface area contributed by atoms with Gasteiger partial charge in [0.15, 0.2) is 6.29 Å². The molecule has 0 aliphatic carbocycles. The van der Waals surface area contributed by atoms with Crippen molar-refractivity contribution in [2.45, 2.75) is 352 Å². The fraction of sp³-hybridized carbons (Fsp3) is 0.906. The molecular formula is C64H121NO10. The highest BCUT2D eigenvalue weighted by Crippen LogP contribution is 2.23. The summed E-state index contributed by atoms with van der Waals surface area (Å²) in [6, 6.07) is -0.814. The first-order chi connectivity index (χ1) is 36.7. The molecule has 75 heavy (non-hydrogen) atoms. The number of aliphatic hydroxyl groups is 5. The third-order valence-electron chi connectivity index (χ3n) is 15.3. The second-order valence-corrected chi connectivity index (χ2v) is 22.5. The number of esters is 1. The van der Waals surface area contributed by atoms with Crippen molar-refractivity contribution in [3.05, 3.63) is 24.3 Å². The van der Waals surface area contributed by atoms with E-state index in [2.05, 4.69) is 31.3 Å². The molecule has 0 aromatic carbocycles. The molecule has 0 saturated carbocycles. The Morgan fingerprint density at radius 1 is 0.480 bits per heavy atom. The predicted octanol–water partition coefficient (Wildman–Crippen LogP) is 15.3. The summed E-state index contributed by atoms with van der Waals surface area (Å²) in [6.45, 7) is 4.32. The van der Waals surface area contributed by atoms with E-state index in [0.29, 0.717) is 19.4 Å². The minimum Gasteiger partial charge on any atom is -0.466 e. The van der Waals surface area contributed by atoms with Crippen molar-refractivity contribution in [1.29, 1.82) is 0 Å². The number of hydrogen-bond donors (Lipinski definition) is 6. The Kier molecular flexibility index (Phi) is 51.3. The number of carbonyl (C=O) groups excluding carboxylic acids is 2. The van der Waals surface area contributed by atoms with E-state index in [0.717, 1.165) is 77.0 Å². The Bertz CT molecular complexity index is 1300. The summed E-state index contributed by atoms with van der Waals surface area (Å²) in [5.41, 5.74) is 0. The molecule has 11 heteroatoms. The van der Waals surface area contributed by atoms with Gasteiger partial charge in [-0.25, -0.2) is 0 Å². The van der Waals surface area contributed by atoms with Gasteiger partial charge in [0.25, 0.3) is 0 Å². The molecule has 0 aromatic rings. The molecule has 7 unspecified atom stereocenters. The van der Waals surface area contributed by atoms with Crippen LogP contribution in [0.1, 0.15) is 309 Å². The molecule has 1 heterocycles. The van der Waals surface area contributed by atoms with E-state index < -0.39 is 49.5 Å². The van der Waals surface area contributed by atoms with Crippen molar-refractivity contribution < 1.29 is 49.3 Å². The van der Waals surface area contributed by atoms with Gasteiger partial charge in [0.2, 0.25) is 5.91 Å². The number of allylic oxidation sites excluding steroid dienone is 3. The zero-order valence-corrected chi connectivity index (χ0v) is 48.8. The third kappa shape index (κ3) is 43.7. The first-order valence-corrected chi connectivity index (χ1v) is 32.1. The fourth-order valence-electron chi connectivity index (χ4n) is 10.2. The number of aliphatic hydroxyl groups excluding tert-OH is 5. The summed E-state index contributed by atoms with van der Waals surface area (Å²) >= 11 is 0. The molecule has 442 valence electrons. The molecule has 0 radical (unpaired) electrons. The lowest BCUT2D eigenvalue weighted by Gasteiger charge is -2.40. The molecule has 1 saturated heterocycles. The van der Waals surface area contributed by atoms with Gasteiger partial charge in [0, 0.05) is 12.8 Å². The number of ether oxygens (including phenoxy) is 3. The Morgan fingerprint density at radius 2 is 0.853 bits per heavy atom. The normalized spacial score (nSPS) is 18.8. The average molecular weight is 1060 g/mol. The lowest BCUT2D eigenvalue weighted by molar-refractivity contribution is -0.302. The summed E-state index contributed by atoms with van der Waals surface area (Å²) < 4.78 is 16.7. The van der Waals surface area contributed by atoms with Gasteiger partial charge in [-0.2, -0.15) is 0 Å². The van der Waals surface area contributed by atoms with Gasteiger partial charge < -0.3 is 45.1 Å². The quantitative estimate of drug-likeness (QED) is 0.0195. The van der Waals surface area contributed by atoms with Crippen molar-refractivity contribution in [1.82, 2.24) is 5.32 Å². The molecular weight excluding hydrogens is 943 g/mol. The Hall–Kier alpha value is -1.86. The van der Waals surface area contributed by atoms with Gasteiger partial charge in [-0.15, -0.1) is 0 Å². The number of carbonyl (C=O) groups is 2. The molecule has 6 N–H and O–H groups in total. The summed E-state index contributed by atoms with van der Waals surface area (Å²) in [7, 11) is 0. The van der Waals surface area contributed by atoms with Gasteiger partial charge in [-0.3, -0.25) is 9.59 Å². The highest BCUT2D eigenvalue weighted by molar-refractivity contribution is 5.76. The molecule has 0 spiro atoms. The van der Waals surface area contributed by atoms with Crippen LogP contribution in [-0.4, -0.2) is 100 Å². The fourth-order valence-corrected chi connectivity index (χ4v) is 10.2. The van der Waals surface area contributed by atoms with Gasteiger partial charge >= 0.3 is 5.97 Å². The van der Waals surface area contributed by atoms with E-state index in [9.17, 15) is 35.1 Å². The lowest BCUT2D eigenvalue weighted by atomic mass is 9.99. The maximum Gasteiger partial charge on any atom is 0.305 e. The SMILES string of the molecule is CCCCCCCCC/C=C/C(O)C(COC1OC(CO)C(O)C(O)C1O)NC(=O)CCCCCCCCC/C=C\CCCCCCCCCCCOC(=O)CCCCCCCCCCCCCCCCCCCC. The first-order valence-electron chi connectivity index (χ1n) is 32.1. The van der Waals surface area contributed by atoms with Crippen LogP contribution >= 0.6 is 0 Å². The van der Waals surface area contributed by atoms with Crippen LogP contribution in [0.2, 0.25) is 0 Å². The number of rotatable bonds is 56. The molecule has 1 aliphatic heterocycles. The largest absolute Gasteiger partial charge is 0.466 e. The van der Waals surface area contributed by atoms with Gasteiger partial charge in [0.1, 0.15) is 24.4 Å². The Balaban J connectivity index is 1.98. The minimum atomic E-state index is -1.57. The maximum absolute atomic E-state index is 13.0. The van der Waals surface area contributed by atoms with Crippen LogP contribution in [0.25, 0.3) is 0 Å². The molecule has 1 fully saturated rings. The van der Waals surface area contributed by atoms with Gasteiger partial charge in [-0.05, 0) is 57.8 Å². The molecule has 1 amide bonds. The van der Waals surface area contributed by atoms with Crippen LogP contribution in [0.4, 0.5) is 0 Å². The van der Waals surface area contributed by atoms with Crippen molar-refractivity contribution in [3.8, 4) is 0 Å². The summed E-state index contributed by atoms with van der Waals surface area (Å²) in [5.74, 6) is -0.195. The topological polar surface area (TPSA) is 175 Å². The molecule has 11 nitrogen and oxygen atoms in total. The number of hydrogen-bond acceptors (Lipinski definition) is 10. The van der Waals surface area contributed by atoms with Crippen molar-refractivity contribution in [3.63, 3.8) is 0 Å².